The summed E-state index contributed by atoms with van der Waals surface area (Å²) in [5, 5.41) is 15.0. The van der Waals surface area contributed by atoms with E-state index in [0.717, 1.165) is 25.9 Å². The standard InChI is InChI=1S/C14H18BrN3O3/c1-18(10-4-6-16-7-5-10)14(21)17-12-8-9(13(19)20)2-3-11(12)15/h2-3,8,10,16H,4-7H2,1H3,(H,17,21)(H,19,20). The molecule has 1 aromatic rings. The molecule has 0 spiro atoms. The van der Waals surface area contributed by atoms with Gasteiger partial charge in [0, 0.05) is 17.6 Å². The maximum absolute atomic E-state index is 12.3. The largest absolute Gasteiger partial charge is 0.478 e. The van der Waals surface area contributed by atoms with Crippen LogP contribution in [0.15, 0.2) is 22.7 Å². The van der Waals surface area contributed by atoms with E-state index in [9.17, 15) is 9.59 Å². The lowest BCUT2D eigenvalue weighted by Crippen LogP contribution is -2.45. The van der Waals surface area contributed by atoms with Gasteiger partial charge < -0.3 is 20.6 Å². The highest BCUT2D eigenvalue weighted by Gasteiger charge is 2.22. The fraction of sp³-hybridized carbons (Fsp3) is 0.429. The van der Waals surface area contributed by atoms with Gasteiger partial charge in [-0.25, -0.2) is 9.59 Å². The number of rotatable bonds is 3. The summed E-state index contributed by atoms with van der Waals surface area (Å²) in [4.78, 5) is 24.9. The highest BCUT2D eigenvalue weighted by atomic mass is 79.9. The van der Waals surface area contributed by atoms with Crippen LogP contribution in [0.25, 0.3) is 0 Å². The molecule has 21 heavy (non-hydrogen) atoms. The Morgan fingerprint density at radius 2 is 2.05 bits per heavy atom. The molecule has 7 heteroatoms. The number of hydrogen-bond donors (Lipinski definition) is 3. The summed E-state index contributed by atoms with van der Waals surface area (Å²) in [6, 6.07) is 4.51. The van der Waals surface area contributed by atoms with Crippen LogP contribution in [-0.4, -0.2) is 48.2 Å². The average molecular weight is 356 g/mol. The van der Waals surface area contributed by atoms with Gasteiger partial charge in [-0.1, -0.05) is 0 Å². The van der Waals surface area contributed by atoms with Gasteiger partial charge in [0.15, 0.2) is 0 Å². The van der Waals surface area contributed by atoms with Gasteiger partial charge >= 0.3 is 12.0 Å². The van der Waals surface area contributed by atoms with Crippen molar-refractivity contribution in [2.24, 2.45) is 0 Å². The van der Waals surface area contributed by atoms with Gasteiger partial charge in [-0.3, -0.25) is 0 Å². The molecule has 1 aliphatic rings. The van der Waals surface area contributed by atoms with Crippen LogP contribution < -0.4 is 10.6 Å². The molecule has 2 amide bonds. The highest BCUT2D eigenvalue weighted by molar-refractivity contribution is 9.10. The molecular weight excluding hydrogens is 338 g/mol. The fourth-order valence-corrected chi connectivity index (χ4v) is 2.66. The van der Waals surface area contributed by atoms with Crippen molar-refractivity contribution in [3.8, 4) is 0 Å². The van der Waals surface area contributed by atoms with Crippen LogP contribution in [0.5, 0.6) is 0 Å². The van der Waals surface area contributed by atoms with Gasteiger partial charge in [-0.05, 0) is 60.1 Å². The number of nitrogens with one attached hydrogen (secondary N) is 2. The number of amides is 2. The van der Waals surface area contributed by atoms with Crippen LogP contribution in [0.3, 0.4) is 0 Å². The number of carboxylic acid groups (broad SMARTS) is 1. The average Bonchev–Trinajstić information content (AvgIpc) is 2.49. The predicted octanol–water partition coefficient (Wildman–Crippen LogP) is 2.36. The Morgan fingerprint density at radius 1 is 1.38 bits per heavy atom. The first-order valence-electron chi connectivity index (χ1n) is 6.76. The molecule has 0 radical (unpaired) electrons. The van der Waals surface area contributed by atoms with E-state index in [0.29, 0.717) is 10.2 Å². The Bertz CT molecular complexity index is 544. The Balaban J connectivity index is 2.07. The maximum atomic E-state index is 12.3. The molecule has 114 valence electrons. The van der Waals surface area contributed by atoms with E-state index in [-0.39, 0.29) is 17.6 Å². The smallest absolute Gasteiger partial charge is 0.335 e. The molecule has 1 saturated heterocycles. The number of halogens is 1. The van der Waals surface area contributed by atoms with E-state index in [2.05, 4.69) is 26.6 Å². The molecule has 1 aromatic carbocycles. The highest BCUT2D eigenvalue weighted by Crippen LogP contribution is 2.24. The number of anilines is 1. The molecule has 2 rings (SSSR count). The second-order valence-corrected chi connectivity index (χ2v) is 5.88. The molecule has 0 bridgehead atoms. The molecule has 0 saturated carbocycles. The fourth-order valence-electron chi connectivity index (χ4n) is 2.32. The second-order valence-electron chi connectivity index (χ2n) is 5.02. The van der Waals surface area contributed by atoms with Gasteiger partial charge in [0.25, 0.3) is 0 Å². The van der Waals surface area contributed by atoms with Gasteiger partial charge in [0.1, 0.15) is 0 Å². The molecule has 6 nitrogen and oxygen atoms in total. The molecule has 1 aliphatic heterocycles. The molecule has 1 heterocycles. The summed E-state index contributed by atoms with van der Waals surface area (Å²) in [5.74, 6) is -1.02. The Hall–Kier alpha value is -1.60. The zero-order valence-corrected chi connectivity index (χ0v) is 13.3. The predicted molar refractivity (Wildman–Crippen MR) is 83.8 cm³/mol. The summed E-state index contributed by atoms with van der Waals surface area (Å²) >= 11 is 3.32. The van der Waals surface area contributed by atoms with E-state index in [1.165, 1.54) is 12.1 Å². The van der Waals surface area contributed by atoms with Crippen molar-refractivity contribution in [3.05, 3.63) is 28.2 Å². The van der Waals surface area contributed by atoms with E-state index in [1.807, 2.05) is 0 Å². The minimum absolute atomic E-state index is 0.137. The third-order valence-electron chi connectivity index (χ3n) is 3.63. The van der Waals surface area contributed by atoms with Gasteiger partial charge in [-0.15, -0.1) is 0 Å². The van der Waals surface area contributed by atoms with Crippen LogP contribution in [-0.2, 0) is 0 Å². The normalized spacial score (nSPS) is 15.5. The first kappa shape index (κ1) is 15.8. The number of carboxylic acids is 1. The quantitative estimate of drug-likeness (QED) is 0.777. The number of nitrogens with zero attached hydrogens (tertiary/aromatic N) is 1. The number of urea groups is 1. The molecule has 0 unspecified atom stereocenters. The molecule has 3 N–H and O–H groups in total. The van der Waals surface area contributed by atoms with Crippen LogP contribution in [0.2, 0.25) is 0 Å². The van der Waals surface area contributed by atoms with Gasteiger partial charge in [0.05, 0.1) is 11.3 Å². The molecular formula is C14H18BrN3O3. The van der Waals surface area contributed by atoms with E-state index in [1.54, 1.807) is 18.0 Å². The number of benzene rings is 1. The lowest BCUT2D eigenvalue weighted by Gasteiger charge is -2.31. The SMILES string of the molecule is CN(C(=O)Nc1cc(C(=O)O)ccc1Br)C1CCNCC1. The van der Waals surface area contributed by atoms with Crippen molar-refractivity contribution in [2.45, 2.75) is 18.9 Å². The zero-order chi connectivity index (χ0) is 15.4. The first-order chi connectivity index (χ1) is 9.99. The number of carbonyl (C=O) groups is 2. The minimum Gasteiger partial charge on any atom is -0.478 e. The summed E-state index contributed by atoms with van der Waals surface area (Å²) < 4.78 is 0.652. The summed E-state index contributed by atoms with van der Waals surface area (Å²) in [6.45, 7) is 1.81. The van der Waals surface area contributed by atoms with Crippen molar-refractivity contribution < 1.29 is 14.7 Å². The van der Waals surface area contributed by atoms with Crippen molar-refractivity contribution in [3.63, 3.8) is 0 Å². The van der Waals surface area contributed by atoms with Gasteiger partial charge in [-0.2, -0.15) is 0 Å². The topological polar surface area (TPSA) is 81.7 Å². The second kappa shape index (κ2) is 6.91. The molecule has 0 aliphatic carbocycles. The molecule has 1 fully saturated rings. The van der Waals surface area contributed by atoms with Crippen molar-refractivity contribution in [2.75, 3.05) is 25.5 Å². The minimum atomic E-state index is -1.02. The first-order valence-corrected chi connectivity index (χ1v) is 7.55. The van der Waals surface area contributed by atoms with E-state index < -0.39 is 5.97 Å². The summed E-state index contributed by atoms with van der Waals surface area (Å²) in [7, 11) is 1.76. The van der Waals surface area contributed by atoms with Crippen molar-refractivity contribution >= 4 is 33.6 Å². The van der Waals surface area contributed by atoms with Gasteiger partial charge in [0.2, 0.25) is 0 Å². The number of hydrogen-bond acceptors (Lipinski definition) is 3. The third kappa shape index (κ3) is 3.95. The molecule has 0 atom stereocenters. The third-order valence-corrected chi connectivity index (χ3v) is 4.32. The number of carbonyl (C=O) groups excluding carboxylic acids is 1. The number of aromatic carboxylic acids is 1. The lowest BCUT2D eigenvalue weighted by molar-refractivity contribution is 0.0697. The van der Waals surface area contributed by atoms with E-state index in [4.69, 9.17) is 5.11 Å². The summed E-state index contributed by atoms with van der Waals surface area (Å²) in [6.07, 6.45) is 1.83. The van der Waals surface area contributed by atoms with Crippen LogP contribution in [0.1, 0.15) is 23.2 Å². The van der Waals surface area contributed by atoms with Crippen molar-refractivity contribution in [1.82, 2.24) is 10.2 Å². The zero-order valence-electron chi connectivity index (χ0n) is 11.7. The maximum Gasteiger partial charge on any atom is 0.335 e. The summed E-state index contributed by atoms with van der Waals surface area (Å²) in [5.41, 5.74) is 0.596. The Kier molecular flexibility index (Phi) is 5.19. The van der Waals surface area contributed by atoms with Crippen molar-refractivity contribution in [1.29, 1.82) is 0 Å². The monoisotopic (exact) mass is 355 g/mol. The number of piperidine rings is 1. The molecule has 0 aromatic heterocycles. The van der Waals surface area contributed by atoms with Crippen LogP contribution in [0.4, 0.5) is 10.5 Å². The van der Waals surface area contributed by atoms with Crippen LogP contribution in [0, 0.1) is 0 Å². The van der Waals surface area contributed by atoms with E-state index >= 15 is 0 Å². The lowest BCUT2D eigenvalue weighted by atomic mass is 10.1. The Morgan fingerprint density at radius 3 is 2.67 bits per heavy atom. The van der Waals surface area contributed by atoms with Crippen LogP contribution >= 0.6 is 15.9 Å². The Labute approximate surface area is 131 Å².